The van der Waals surface area contributed by atoms with Gasteiger partial charge in [0, 0.05) is 23.8 Å². The smallest absolute Gasteiger partial charge is 0.242 e. The maximum absolute atomic E-state index is 12.6. The van der Waals surface area contributed by atoms with Crippen molar-refractivity contribution >= 4 is 23.4 Å². The Hall–Kier alpha value is -2.83. The van der Waals surface area contributed by atoms with Crippen molar-refractivity contribution in [3.05, 3.63) is 90.3 Å². The molecule has 0 aliphatic carbocycles. The van der Waals surface area contributed by atoms with Crippen molar-refractivity contribution in [1.82, 2.24) is 10.3 Å². The number of carbonyl (C=O) groups is 1. The number of hydrogen-bond donors (Lipinski definition) is 2. The van der Waals surface area contributed by atoms with Gasteiger partial charge in [0.25, 0.3) is 0 Å². The Labute approximate surface area is 187 Å². The Morgan fingerprint density at radius 2 is 1.90 bits per heavy atom. The molecule has 2 heterocycles. The van der Waals surface area contributed by atoms with Crippen LogP contribution in [-0.2, 0) is 11.2 Å². The van der Waals surface area contributed by atoms with Crippen LogP contribution in [0.1, 0.15) is 29.3 Å². The summed E-state index contributed by atoms with van der Waals surface area (Å²) in [7, 11) is 0. The summed E-state index contributed by atoms with van der Waals surface area (Å²) in [5.41, 5.74) is 3.23. The fourth-order valence-corrected chi connectivity index (χ4v) is 4.70. The lowest BCUT2D eigenvalue weighted by Gasteiger charge is -2.14. The zero-order valence-electron chi connectivity index (χ0n) is 17.4. The first-order chi connectivity index (χ1) is 15.3. The lowest BCUT2D eigenvalue weighted by molar-refractivity contribution is -0.117. The number of unbranched alkanes of at least 4 members (excludes halogenated alkanes) is 1. The molecule has 1 aliphatic rings. The van der Waals surface area contributed by atoms with Crippen LogP contribution < -0.4 is 15.4 Å². The monoisotopic (exact) mass is 433 g/mol. The highest BCUT2D eigenvalue weighted by molar-refractivity contribution is 7.99. The van der Waals surface area contributed by atoms with Crippen LogP contribution in [0.25, 0.3) is 0 Å². The van der Waals surface area contributed by atoms with Crippen molar-refractivity contribution in [2.45, 2.75) is 30.7 Å². The summed E-state index contributed by atoms with van der Waals surface area (Å²) in [6.07, 6.45) is 6.78. The van der Waals surface area contributed by atoms with Crippen LogP contribution in [0.5, 0.6) is 5.75 Å². The minimum atomic E-state index is -0.226. The molecule has 2 unspecified atom stereocenters. The fourth-order valence-electron chi connectivity index (χ4n) is 3.48. The van der Waals surface area contributed by atoms with E-state index in [9.17, 15) is 4.79 Å². The van der Waals surface area contributed by atoms with Crippen LogP contribution in [-0.4, -0.2) is 29.3 Å². The van der Waals surface area contributed by atoms with Gasteiger partial charge in [-0.2, -0.15) is 0 Å². The molecule has 2 N–H and O–H groups in total. The van der Waals surface area contributed by atoms with E-state index in [-0.39, 0.29) is 17.3 Å². The molecule has 1 aromatic heterocycles. The summed E-state index contributed by atoms with van der Waals surface area (Å²) < 4.78 is 5.83. The number of benzene rings is 2. The molecule has 0 bridgehead atoms. The number of pyridine rings is 1. The van der Waals surface area contributed by atoms with Crippen LogP contribution >= 0.6 is 11.8 Å². The van der Waals surface area contributed by atoms with Crippen LogP contribution in [0.3, 0.4) is 0 Å². The summed E-state index contributed by atoms with van der Waals surface area (Å²) in [6.45, 7) is 0.692. The number of carbonyl (C=O) groups excluding carboxylic acids is 1. The van der Waals surface area contributed by atoms with E-state index >= 15 is 0 Å². The van der Waals surface area contributed by atoms with Crippen molar-refractivity contribution in [2.75, 3.05) is 17.7 Å². The number of aryl methyl sites for hydroxylation is 1. The maximum Gasteiger partial charge on any atom is 0.242 e. The second kappa shape index (κ2) is 11.0. The normalized spacial score (nSPS) is 17.9. The first-order valence-electron chi connectivity index (χ1n) is 10.6. The van der Waals surface area contributed by atoms with Gasteiger partial charge < -0.3 is 10.1 Å². The number of ether oxygens (including phenoxy) is 1. The summed E-state index contributed by atoms with van der Waals surface area (Å²) in [4.78, 5) is 16.8. The number of rotatable bonds is 9. The van der Waals surface area contributed by atoms with Crippen LogP contribution in [0, 0.1) is 0 Å². The first kappa shape index (κ1) is 21.4. The molecule has 0 saturated carbocycles. The largest absolute Gasteiger partial charge is 0.494 e. The zero-order chi connectivity index (χ0) is 21.3. The highest BCUT2D eigenvalue weighted by Crippen LogP contribution is 2.32. The molecule has 2 atom stereocenters. The molecule has 1 aliphatic heterocycles. The van der Waals surface area contributed by atoms with E-state index in [0.29, 0.717) is 6.61 Å². The quantitative estimate of drug-likeness (QED) is 0.474. The second-order valence-corrected chi connectivity index (χ2v) is 8.66. The third-order valence-electron chi connectivity index (χ3n) is 5.18. The molecule has 6 heteroatoms. The van der Waals surface area contributed by atoms with Crippen molar-refractivity contribution in [3.63, 3.8) is 0 Å². The summed E-state index contributed by atoms with van der Waals surface area (Å²) in [5.74, 6) is 1.53. The van der Waals surface area contributed by atoms with Crippen LogP contribution in [0.2, 0.25) is 0 Å². The van der Waals surface area contributed by atoms with Gasteiger partial charge in [-0.25, -0.2) is 0 Å². The molecular weight excluding hydrogens is 406 g/mol. The number of nitrogens with one attached hydrogen (secondary N) is 2. The second-order valence-electron chi connectivity index (χ2n) is 7.52. The molecule has 31 heavy (non-hydrogen) atoms. The lowest BCUT2D eigenvalue weighted by atomic mass is 10.1. The van der Waals surface area contributed by atoms with Gasteiger partial charge in [0.2, 0.25) is 5.91 Å². The molecule has 1 saturated heterocycles. The number of hydrogen-bond acceptors (Lipinski definition) is 5. The highest BCUT2D eigenvalue weighted by Gasteiger charge is 2.30. The maximum atomic E-state index is 12.6. The number of aromatic nitrogens is 1. The molecule has 5 nitrogen and oxygen atoms in total. The van der Waals surface area contributed by atoms with Gasteiger partial charge in [0.05, 0.1) is 18.0 Å². The average Bonchev–Trinajstić information content (AvgIpc) is 3.32. The molecular formula is C25H27N3O2S. The SMILES string of the molecule is O=C(Nc1ccc(OCCCCc2ccccc2)cc1)C1CSC(c2cccnc2)N1. The van der Waals surface area contributed by atoms with Crippen molar-refractivity contribution in [2.24, 2.45) is 0 Å². The van der Waals surface area contributed by atoms with Crippen molar-refractivity contribution in [3.8, 4) is 5.75 Å². The minimum Gasteiger partial charge on any atom is -0.494 e. The minimum absolute atomic E-state index is 0.0199. The molecule has 160 valence electrons. The number of nitrogens with zero attached hydrogens (tertiary/aromatic N) is 1. The van der Waals surface area contributed by atoms with E-state index in [4.69, 9.17) is 4.74 Å². The predicted octanol–water partition coefficient (Wildman–Crippen LogP) is 4.83. The number of amides is 1. The van der Waals surface area contributed by atoms with E-state index < -0.39 is 0 Å². The van der Waals surface area contributed by atoms with Gasteiger partial charge >= 0.3 is 0 Å². The zero-order valence-corrected chi connectivity index (χ0v) is 18.2. The predicted molar refractivity (Wildman–Crippen MR) is 126 cm³/mol. The first-order valence-corrected chi connectivity index (χ1v) is 11.7. The third kappa shape index (κ3) is 6.32. The molecule has 0 spiro atoms. The Morgan fingerprint density at radius 1 is 1.06 bits per heavy atom. The third-order valence-corrected chi connectivity index (χ3v) is 6.45. The molecule has 1 fully saturated rings. The summed E-state index contributed by atoms with van der Waals surface area (Å²) in [6, 6.07) is 21.8. The van der Waals surface area contributed by atoms with Gasteiger partial charge in [-0.05, 0) is 60.7 Å². The number of thioether (sulfide) groups is 1. The highest BCUT2D eigenvalue weighted by atomic mass is 32.2. The topological polar surface area (TPSA) is 63.2 Å². The van der Waals surface area contributed by atoms with Gasteiger partial charge in [-0.1, -0.05) is 36.4 Å². The van der Waals surface area contributed by atoms with E-state index in [1.54, 1.807) is 18.0 Å². The van der Waals surface area contributed by atoms with E-state index in [0.717, 1.165) is 42.0 Å². The Bertz CT molecular complexity index is 952. The van der Waals surface area contributed by atoms with Gasteiger partial charge in [0.1, 0.15) is 5.75 Å². The molecule has 4 rings (SSSR count). The Kier molecular flexibility index (Phi) is 7.58. The standard InChI is InChI=1S/C25H27N3O2S/c29-24(23-18-31-25(28-23)20-10-6-15-26-17-20)27-21-11-13-22(14-12-21)30-16-5-4-9-19-7-2-1-3-8-19/h1-3,6-8,10-15,17,23,25,28H,4-5,9,16,18H2,(H,27,29). The molecule has 0 radical (unpaired) electrons. The van der Waals surface area contributed by atoms with Crippen molar-refractivity contribution < 1.29 is 9.53 Å². The van der Waals surface area contributed by atoms with E-state index in [2.05, 4.69) is 39.9 Å². The Balaban J connectivity index is 1.17. The van der Waals surface area contributed by atoms with Gasteiger partial charge in [0.15, 0.2) is 0 Å². The van der Waals surface area contributed by atoms with Gasteiger partial charge in [-0.3, -0.25) is 15.1 Å². The molecule has 2 aromatic carbocycles. The van der Waals surface area contributed by atoms with E-state index in [1.807, 2.05) is 48.7 Å². The van der Waals surface area contributed by atoms with E-state index in [1.165, 1.54) is 5.56 Å². The lowest BCUT2D eigenvalue weighted by Crippen LogP contribution is -2.38. The summed E-state index contributed by atoms with van der Waals surface area (Å²) >= 11 is 1.72. The number of anilines is 1. The summed E-state index contributed by atoms with van der Waals surface area (Å²) in [5, 5.41) is 6.47. The van der Waals surface area contributed by atoms with Crippen LogP contribution in [0.4, 0.5) is 5.69 Å². The van der Waals surface area contributed by atoms with Gasteiger partial charge in [-0.15, -0.1) is 11.8 Å². The fraction of sp³-hybridized carbons (Fsp3) is 0.280. The molecule has 1 amide bonds. The van der Waals surface area contributed by atoms with Crippen LogP contribution in [0.15, 0.2) is 79.1 Å². The molecule has 3 aromatic rings. The Morgan fingerprint density at radius 3 is 2.68 bits per heavy atom. The average molecular weight is 434 g/mol. The van der Waals surface area contributed by atoms with Crippen molar-refractivity contribution in [1.29, 1.82) is 0 Å².